The first-order valence-corrected chi connectivity index (χ1v) is 7.23. The van der Waals surface area contributed by atoms with Gasteiger partial charge in [-0.25, -0.2) is 0 Å². The number of anilines is 1. The zero-order chi connectivity index (χ0) is 15.5. The minimum absolute atomic E-state index is 0.0345. The van der Waals surface area contributed by atoms with Gasteiger partial charge in [0.25, 0.3) is 5.91 Å². The largest absolute Gasteiger partial charge is 0.396 e. The van der Waals surface area contributed by atoms with Gasteiger partial charge in [-0.05, 0) is 42.0 Å². The molecule has 2 rings (SSSR count). The molecular formula is C16H22N2O3. The topological polar surface area (TPSA) is 78.4 Å². The van der Waals surface area contributed by atoms with Gasteiger partial charge in [0.05, 0.1) is 6.42 Å². The Hall–Kier alpha value is -1.88. The van der Waals surface area contributed by atoms with Crippen LogP contribution in [0.5, 0.6) is 0 Å². The molecule has 0 saturated carbocycles. The molecule has 1 aliphatic heterocycles. The van der Waals surface area contributed by atoms with Crippen molar-refractivity contribution in [3.8, 4) is 0 Å². The third-order valence-corrected chi connectivity index (χ3v) is 3.73. The number of rotatable bonds is 6. The molecule has 0 unspecified atom stereocenters. The Morgan fingerprint density at radius 2 is 2.19 bits per heavy atom. The number of hydrogen-bond donors (Lipinski definition) is 3. The molecule has 0 bridgehead atoms. The van der Waals surface area contributed by atoms with Gasteiger partial charge in [-0.1, -0.05) is 13.8 Å². The van der Waals surface area contributed by atoms with Crippen molar-refractivity contribution in [2.24, 2.45) is 5.41 Å². The maximum atomic E-state index is 12.2. The third-order valence-electron chi connectivity index (χ3n) is 3.73. The van der Waals surface area contributed by atoms with E-state index >= 15 is 0 Å². The van der Waals surface area contributed by atoms with E-state index in [2.05, 4.69) is 24.5 Å². The van der Waals surface area contributed by atoms with Gasteiger partial charge in [0.2, 0.25) is 5.91 Å². The summed E-state index contributed by atoms with van der Waals surface area (Å²) in [4.78, 5) is 23.5. The lowest BCUT2D eigenvalue weighted by Crippen LogP contribution is -2.34. The quantitative estimate of drug-likeness (QED) is 0.746. The summed E-state index contributed by atoms with van der Waals surface area (Å²) in [5.74, 6) is -0.165. The molecule has 2 amide bonds. The van der Waals surface area contributed by atoms with Crippen molar-refractivity contribution in [1.82, 2.24) is 5.32 Å². The summed E-state index contributed by atoms with van der Waals surface area (Å²) in [5, 5.41) is 14.5. The molecule has 0 fully saturated rings. The fraction of sp³-hybridized carbons (Fsp3) is 0.500. The molecule has 3 N–H and O–H groups in total. The Morgan fingerprint density at radius 3 is 2.90 bits per heavy atom. The Bertz CT molecular complexity index is 552. The number of hydrogen-bond acceptors (Lipinski definition) is 3. The van der Waals surface area contributed by atoms with E-state index in [0.29, 0.717) is 18.5 Å². The van der Waals surface area contributed by atoms with Crippen LogP contribution in [0.3, 0.4) is 0 Å². The average Bonchev–Trinajstić information content (AvgIpc) is 2.81. The molecule has 1 aromatic carbocycles. The number of amides is 2. The highest BCUT2D eigenvalue weighted by Crippen LogP contribution is 2.24. The molecule has 0 radical (unpaired) electrons. The minimum atomic E-state index is -0.130. The number of carbonyl (C=O) groups excluding carboxylic acids is 2. The van der Waals surface area contributed by atoms with Crippen LogP contribution in [0.1, 0.15) is 42.6 Å². The summed E-state index contributed by atoms with van der Waals surface area (Å²) in [6.45, 7) is 4.85. The van der Waals surface area contributed by atoms with Gasteiger partial charge in [0.1, 0.15) is 0 Å². The van der Waals surface area contributed by atoms with Gasteiger partial charge in [-0.2, -0.15) is 0 Å². The summed E-state index contributed by atoms with van der Waals surface area (Å²) >= 11 is 0. The van der Waals surface area contributed by atoms with Crippen molar-refractivity contribution in [2.45, 2.75) is 33.1 Å². The number of aliphatic hydroxyl groups excluding tert-OH is 1. The van der Waals surface area contributed by atoms with Crippen LogP contribution >= 0.6 is 0 Å². The molecule has 0 saturated heterocycles. The summed E-state index contributed by atoms with van der Waals surface area (Å²) in [7, 11) is 0. The lowest BCUT2D eigenvalue weighted by molar-refractivity contribution is -0.115. The number of benzene rings is 1. The van der Waals surface area contributed by atoms with E-state index in [1.807, 2.05) is 0 Å². The zero-order valence-corrected chi connectivity index (χ0v) is 12.5. The van der Waals surface area contributed by atoms with Crippen molar-refractivity contribution in [3.05, 3.63) is 29.3 Å². The number of carbonyl (C=O) groups is 2. The van der Waals surface area contributed by atoms with Crippen molar-refractivity contribution >= 4 is 17.5 Å². The molecule has 21 heavy (non-hydrogen) atoms. The number of fused-ring (bicyclic) bond motifs is 1. The highest BCUT2D eigenvalue weighted by atomic mass is 16.3. The first-order chi connectivity index (χ1) is 9.91. The summed E-state index contributed by atoms with van der Waals surface area (Å²) in [5.41, 5.74) is 2.18. The number of aliphatic hydroxyl groups is 1. The van der Waals surface area contributed by atoms with Crippen LogP contribution < -0.4 is 10.6 Å². The first kappa shape index (κ1) is 15.5. The van der Waals surface area contributed by atoms with Crippen molar-refractivity contribution < 1.29 is 14.7 Å². The lowest BCUT2D eigenvalue weighted by Gasteiger charge is -2.24. The van der Waals surface area contributed by atoms with E-state index in [1.165, 1.54) is 0 Å². The molecule has 0 aliphatic carbocycles. The number of nitrogens with one attached hydrogen (secondary N) is 2. The van der Waals surface area contributed by atoms with Crippen LogP contribution in [0.4, 0.5) is 5.69 Å². The molecule has 1 aromatic rings. The predicted octanol–water partition coefficient (Wildman–Crippen LogP) is 1.71. The second-order valence-electron chi connectivity index (χ2n) is 6.27. The van der Waals surface area contributed by atoms with Crippen LogP contribution in [0.25, 0.3) is 0 Å². The monoisotopic (exact) mass is 290 g/mol. The summed E-state index contributed by atoms with van der Waals surface area (Å²) < 4.78 is 0. The summed E-state index contributed by atoms with van der Waals surface area (Å²) in [6.07, 6.45) is 1.92. The van der Waals surface area contributed by atoms with E-state index in [4.69, 9.17) is 5.11 Å². The zero-order valence-electron chi connectivity index (χ0n) is 12.5. The lowest BCUT2D eigenvalue weighted by atomic mass is 9.88. The van der Waals surface area contributed by atoms with Crippen molar-refractivity contribution in [2.75, 3.05) is 18.5 Å². The molecule has 1 heterocycles. The fourth-order valence-corrected chi connectivity index (χ4v) is 2.44. The normalized spacial score (nSPS) is 13.8. The smallest absolute Gasteiger partial charge is 0.251 e. The van der Waals surface area contributed by atoms with Gasteiger partial charge in [-0.15, -0.1) is 0 Å². The maximum Gasteiger partial charge on any atom is 0.251 e. The Kier molecular flexibility index (Phi) is 4.63. The first-order valence-electron chi connectivity index (χ1n) is 7.23. The van der Waals surface area contributed by atoms with Crippen LogP contribution in [-0.4, -0.2) is 30.1 Å². The highest BCUT2D eigenvalue weighted by Gasteiger charge is 2.21. The minimum Gasteiger partial charge on any atom is -0.396 e. The van der Waals surface area contributed by atoms with E-state index in [0.717, 1.165) is 24.1 Å². The van der Waals surface area contributed by atoms with Gasteiger partial charge < -0.3 is 15.7 Å². The van der Waals surface area contributed by atoms with E-state index in [1.54, 1.807) is 18.2 Å². The molecule has 5 heteroatoms. The van der Waals surface area contributed by atoms with Gasteiger partial charge in [0, 0.05) is 24.4 Å². The Morgan fingerprint density at radius 1 is 1.43 bits per heavy atom. The van der Waals surface area contributed by atoms with Crippen LogP contribution in [0.2, 0.25) is 0 Å². The van der Waals surface area contributed by atoms with Gasteiger partial charge in [0.15, 0.2) is 0 Å². The van der Waals surface area contributed by atoms with E-state index in [9.17, 15) is 9.59 Å². The predicted molar refractivity (Wildman–Crippen MR) is 81.2 cm³/mol. The van der Waals surface area contributed by atoms with Crippen LogP contribution in [-0.2, 0) is 11.2 Å². The molecule has 114 valence electrons. The molecule has 1 aliphatic rings. The van der Waals surface area contributed by atoms with Crippen LogP contribution in [0, 0.1) is 5.41 Å². The van der Waals surface area contributed by atoms with Crippen molar-refractivity contribution in [1.29, 1.82) is 0 Å². The second-order valence-corrected chi connectivity index (χ2v) is 6.27. The molecular weight excluding hydrogens is 268 g/mol. The molecule has 5 nitrogen and oxygen atoms in total. The average molecular weight is 290 g/mol. The summed E-state index contributed by atoms with van der Waals surface area (Å²) in [6, 6.07) is 5.26. The third kappa shape index (κ3) is 4.04. The fourth-order valence-electron chi connectivity index (χ4n) is 2.44. The molecule has 0 atom stereocenters. The Balaban J connectivity index is 1.95. The second kappa shape index (κ2) is 6.26. The van der Waals surface area contributed by atoms with Crippen LogP contribution in [0.15, 0.2) is 18.2 Å². The molecule has 0 spiro atoms. The molecule has 0 aromatic heterocycles. The Labute approximate surface area is 124 Å². The van der Waals surface area contributed by atoms with E-state index in [-0.39, 0.29) is 23.8 Å². The van der Waals surface area contributed by atoms with Crippen molar-refractivity contribution in [3.63, 3.8) is 0 Å². The van der Waals surface area contributed by atoms with E-state index < -0.39 is 0 Å². The standard InChI is InChI=1S/C16H22N2O3/c1-16(2,6-3-7-19)10-17-15(21)11-4-5-13-12(8-11)9-14(20)18-13/h4-5,8,19H,3,6-7,9-10H2,1-2H3,(H,17,21)(H,18,20). The SMILES string of the molecule is CC(C)(CCCO)CNC(=O)c1ccc2c(c1)CC(=O)N2. The van der Waals surface area contributed by atoms with Gasteiger partial charge >= 0.3 is 0 Å². The van der Waals surface area contributed by atoms with Gasteiger partial charge in [-0.3, -0.25) is 9.59 Å². The maximum absolute atomic E-state index is 12.2. The highest BCUT2D eigenvalue weighted by molar-refractivity contribution is 6.01.